The first-order valence-electron chi connectivity index (χ1n) is 11.6. The minimum absolute atomic E-state index is 0.0536. The SMILES string of the molecule is COc1ccccc1-c1cc(=O)c2c(O)cc(OCCCCN3CCN(C)CC3)c(OC)c2o1. The summed E-state index contributed by atoms with van der Waals surface area (Å²) in [5, 5.41) is 10.6. The average Bonchev–Trinajstić information content (AvgIpc) is 2.84. The molecule has 8 heteroatoms. The maximum Gasteiger partial charge on any atom is 0.205 e. The monoisotopic (exact) mass is 468 g/mol. The summed E-state index contributed by atoms with van der Waals surface area (Å²) >= 11 is 0. The Labute approximate surface area is 199 Å². The van der Waals surface area contributed by atoms with Gasteiger partial charge in [0.2, 0.25) is 5.75 Å². The van der Waals surface area contributed by atoms with Crippen molar-refractivity contribution in [1.82, 2.24) is 9.80 Å². The lowest BCUT2D eigenvalue weighted by Gasteiger charge is -2.32. The van der Waals surface area contributed by atoms with E-state index in [1.807, 2.05) is 12.1 Å². The van der Waals surface area contributed by atoms with Crippen LogP contribution in [0.15, 0.2) is 45.6 Å². The van der Waals surface area contributed by atoms with Gasteiger partial charge in [-0.25, -0.2) is 0 Å². The highest BCUT2D eigenvalue weighted by molar-refractivity contribution is 5.92. The molecule has 1 aromatic heterocycles. The Morgan fingerprint density at radius 2 is 1.76 bits per heavy atom. The molecule has 0 saturated carbocycles. The highest BCUT2D eigenvalue weighted by Crippen LogP contribution is 2.42. The van der Waals surface area contributed by atoms with E-state index in [2.05, 4.69) is 16.8 Å². The largest absolute Gasteiger partial charge is 0.507 e. The number of unbranched alkanes of at least 4 members (excludes halogenated alkanes) is 1. The Balaban J connectivity index is 1.54. The molecule has 0 bridgehead atoms. The second kappa shape index (κ2) is 10.8. The van der Waals surface area contributed by atoms with Gasteiger partial charge in [0.1, 0.15) is 22.6 Å². The number of fused-ring (bicyclic) bond motifs is 1. The van der Waals surface area contributed by atoms with E-state index >= 15 is 0 Å². The van der Waals surface area contributed by atoms with Crippen molar-refractivity contribution in [2.75, 3.05) is 60.6 Å². The summed E-state index contributed by atoms with van der Waals surface area (Å²) in [4.78, 5) is 17.7. The van der Waals surface area contributed by atoms with Crippen LogP contribution < -0.4 is 19.6 Å². The van der Waals surface area contributed by atoms with E-state index in [-0.39, 0.29) is 27.9 Å². The van der Waals surface area contributed by atoms with Gasteiger partial charge in [0.15, 0.2) is 16.8 Å². The van der Waals surface area contributed by atoms with E-state index in [0.717, 1.165) is 45.6 Å². The molecule has 34 heavy (non-hydrogen) atoms. The molecule has 2 aromatic carbocycles. The molecular formula is C26H32N2O6. The standard InChI is InChI=1S/C26H32N2O6/c1-27-11-13-28(14-12-27)10-6-7-15-33-23-17-20(30)24-19(29)16-22(34-26(24)25(23)32-3)18-8-4-5-9-21(18)31-2/h4-5,8-9,16-17,30H,6-7,10-15H2,1-3H3. The summed E-state index contributed by atoms with van der Waals surface area (Å²) in [5.74, 6) is 1.30. The summed E-state index contributed by atoms with van der Waals surface area (Å²) < 4.78 is 23.0. The molecular weight excluding hydrogens is 436 g/mol. The molecule has 0 aliphatic carbocycles. The number of rotatable bonds is 9. The predicted molar refractivity (Wildman–Crippen MR) is 131 cm³/mol. The number of aromatic hydroxyl groups is 1. The van der Waals surface area contributed by atoms with Gasteiger partial charge in [0.05, 0.1) is 26.4 Å². The molecule has 0 atom stereocenters. The quantitative estimate of drug-likeness (QED) is 0.477. The van der Waals surface area contributed by atoms with Gasteiger partial charge in [-0.3, -0.25) is 4.79 Å². The fourth-order valence-corrected chi connectivity index (χ4v) is 4.24. The Morgan fingerprint density at radius 1 is 1.00 bits per heavy atom. The van der Waals surface area contributed by atoms with E-state index in [1.54, 1.807) is 19.2 Å². The first kappa shape index (κ1) is 23.9. The van der Waals surface area contributed by atoms with Crippen LogP contribution in [0, 0.1) is 0 Å². The Bertz CT molecular complexity index is 1180. The van der Waals surface area contributed by atoms with Gasteiger partial charge < -0.3 is 33.5 Å². The highest BCUT2D eigenvalue weighted by Gasteiger charge is 2.21. The number of piperazine rings is 1. The minimum atomic E-state index is -0.378. The van der Waals surface area contributed by atoms with Gasteiger partial charge in [0, 0.05) is 38.3 Å². The zero-order valence-electron chi connectivity index (χ0n) is 20.0. The summed E-state index contributed by atoms with van der Waals surface area (Å²) in [6.45, 7) is 5.90. The number of para-hydroxylation sites is 1. The van der Waals surface area contributed by atoms with Crippen molar-refractivity contribution in [3.8, 4) is 34.3 Å². The molecule has 182 valence electrons. The maximum atomic E-state index is 12.9. The molecule has 1 aliphatic rings. The van der Waals surface area contributed by atoms with E-state index in [0.29, 0.717) is 29.4 Å². The number of phenols is 1. The van der Waals surface area contributed by atoms with Crippen LogP contribution in [0.2, 0.25) is 0 Å². The Morgan fingerprint density at radius 3 is 2.50 bits per heavy atom. The molecule has 8 nitrogen and oxygen atoms in total. The summed E-state index contributed by atoms with van der Waals surface area (Å²) in [7, 11) is 5.20. The van der Waals surface area contributed by atoms with Crippen LogP contribution in [0.3, 0.4) is 0 Å². The van der Waals surface area contributed by atoms with Crippen LogP contribution in [-0.2, 0) is 0 Å². The zero-order valence-corrected chi connectivity index (χ0v) is 20.0. The van der Waals surface area contributed by atoms with E-state index in [9.17, 15) is 9.90 Å². The first-order valence-corrected chi connectivity index (χ1v) is 11.6. The smallest absolute Gasteiger partial charge is 0.205 e. The molecule has 1 N–H and O–H groups in total. The van der Waals surface area contributed by atoms with Gasteiger partial charge >= 0.3 is 0 Å². The van der Waals surface area contributed by atoms with Gasteiger partial charge in [-0.1, -0.05) is 12.1 Å². The fraction of sp³-hybridized carbons (Fsp3) is 0.423. The third kappa shape index (κ3) is 5.13. The van der Waals surface area contributed by atoms with E-state index in [1.165, 1.54) is 19.2 Å². The van der Waals surface area contributed by atoms with E-state index < -0.39 is 0 Å². The fourth-order valence-electron chi connectivity index (χ4n) is 4.24. The summed E-state index contributed by atoms with van der Waals surface area (Å²) in [6, 6.07) is 10.0. The Kier molecular flexibility index (Phi) is 7.59. The number of phenolic OH excluding ortho intramolecular Hbond substituents is 1. The van der Waals surface area contributed by atoms with Crippen LogP contribution in [0.4, 0.5) is 0 Å². The maximum absolute atomic E-state index is 12.9. The molecule has 0 unspecified atom stereocenters. The molecule has 0 radical (unpaired) electrons. The molecule has 3 aromatic rings. The van der Waals surface area contributed by atoms with Gasteiger partial charge in [-0.05, 0) is 38.6 Å². The number of likely N-dealkylation sites (N-methyl/N-ethyl adjacent to an activating group) is 1. The lowest BCUT2D eigenvalue weighted by molar-refractivity contribution is 0.149. The van der Waals surface area contributed by atoms with Crippen molar-refractivity contribution in [2.24, 2.45) is 0 Å². The Hall–Kier alpha value is -3.23. The summed E-state index contributed by atoms with van der Waals surface area (Å²) in [5.41, 5.74) is 0.390. The van der Waals surface area contributed by atoms with Gasteiger partial charge in [-0.2, -0.15) is 0 Å². The van der Waals surface area contributed by atoms with Crippen LogP contribution in [0.1, 0.15) is 12.8 Å². The summed E-state index contributed by atoms with van der Waals surface area (Å²) in [6.07, 6.45) is 1.87. The van der Waals surface area contributed by atoms with Crippen molar-refractivity contribution >= 4 is 11.0 Å². The van der Waals surface area contributed by atoms with Crippen molar-refractivity contribution in [1.29, 1.82) is 0 Å². The average molecular weight is 469 g/mol. The van der Waals surface area contributed by atoms with Crippen molar-refractivity contribution in [3.63, 3.8) is 0 Å². The van der Waals surface area contributed by atoms with Crippen molar-refractivity contribution in [2.45, 2.75) is 12.8 Å². The zero-order chi connectivity index (χ0) is 24.1. The first-order chi connectivity index (χ1) is 16.5. The normalized spacial score (nSPS) is 14.9. The number of methoxy groups -OCH3 is 2. The second-order valence-corrected chi connectivity index (χ2v) is 8.51. The van der Waals surface area contributed by atoms with Crippen LogP contribution in [0.5, 0.6) is 23.0 Å². The molecule has 1 aliphatic heterocycles. The molecule has 0 spiro atoms. The van der Waals surface area contributed by atoms with Gasteiger partial charge in [-0.15, -0.1) is 0 Å². The molecule has 0 amide bonds. The molecule has 4 rings (SSSR count). The second-order valence-electron chi connectivity index (χ2n) is 8.51. The molecule has 2 heterocycles. The number of ether oxygens (including phenoxy) is 3. The van der Waals surface area contributed by atoms with E-state index in [4.69, 9.17) is 18.6 Å². The number of hydrogen-bond acceptors (Lipinski definition) is 8. The number of nitrogens with zero attached hydrogens (tertiary/aromatic N) is 2. The van der Waals surface area contributed by atoms with Crippen LogP contribution in [0.25, 0.3) is 22.3 Å². The third-order valence-electron chi connectivity index (χ3n) is 6.20. The third-order valence-corrected chi connectivity index (χ3v) is 6.20. The molecule has 1 fully saturated rings. The molecule has 1 saturated heterocycles. The van der Waals surface area contributed by atoms with Crippen LogP contribution in [-0.4, -0.2) is 75.5 Å². The minimum Gasteiger partial charge on any atom is -0.507 e. The predicted octanol–water partition coefficient (Wildman–Crippen LogP) is 3.59. The van der Waals surface area contributed by atoms with Gasteiger partial charge in [0.25, 0.3) is 0 Å². The van der Waals surface area contributed by atoms with Crippen molar-refractivity contribution in [3.05, 3.63) is 46.6 Å². The topological polar surface area (TPSA) is 84.6 Å². The number of benzene rings is 2. The van der Waals surface area contributed by atoms with Crippen molar-refractivity contribution < 1.29 is 23.7 Å². The highest BCUT2D eigenvalue weighted by atomic mass is 16.5. The lowest BCUT2D eigenvalue weighted by atomic mass is 10.1. The lowest BCUT2D eigenvalue weighted by Crippen LogP contribution is -2.44. The van der Waals surface area contributed by atoms with Crippen LogP contribution >= 0.6 is 0 Å². The number of hydrogen-bond donors (Lipinski definition) is 1.